The monoisotopic (exact) mass is 335 g/mol. The number of amides is 2. The number of carbonyl (C=O) groups excluding carboxylic acids is 1. The van der Waals surface area contributed by atoms with E-state index in [1.54, 1.807) is 26.4 Å². The van der Waals surface area contributed by atoms with Crippen LogP contribution in [0.5, 0.6) is 11.5 Å². The minimum absolute atomic E-state index is 0.0925. The number of nitrogens with one attached hydrogen (secondary N) is 1. The largest absolute Gasteiger partial charge is 0.497 e. The molecule has 0 bridgehead atoms. The minimum atomic E-state index is -0.0925. The van der Waals surface area contributed by atoms with Gasteiger partial charge >= 0.3 is 6.03 Å². The first kappa shape index (κ1) is 18.4. The van der Waals surface area contributed by atoms with Gasteiger partial charge in [0.1, 0.15) is 11.5 Å². The summed E-state index contributed by atoms with van der Waals surface area (Å²) in [6.07, 6.45) is 1.20. The third kappa shape index (κ3) is 5.03. The van der Waals surface area contributed by atoms with Crippen molar-refractivity contribution in [2.45, 2.75) is 20.3 Å². The topological polar surface area (TPSA) is 54.0 Å². The Morgan fingerprint density at radius 1 is 1.17 bits per heavy atom. The highest BCUT2D eigenvalue weighted by molar-refractivity contribution is 5.91. The lowest BCUT2D eigenvalue weighted by molar-refractivity contribution is 0.143. The molecule has 1 aromatic rings. The summed E-state index contributed by atoms with van der Waals surface area (Å²) in [6.45, 7) is 8.93. The second-order valence-corrected chi connectivity index (χ2v) is 6.51. The molecule has 6 nitrogen and oxygen atoms in total. The highest BCUT2D eigenvalue weighted by atomic mass is 16.5. The van der Waals surface area contributed by atoms with E-state index in [1.807, 2.05) is 11.0 Å². The Morgan fingerprint density at radius 2 is 1.88 bits per heavy atom. The third-order valence-electron chi connectivity index (χ3n) is 4.33. The number of hydrogen-bond donors (Lipinski definition) is 1. The van der Waals surface area contributed by atoms with E-state index in [2.05, 4.69) is 24.1 Å². The molecule has 1 aliphatic heterocycles. The second-order valence-electron chi connectivity index (χ2n) is 6.51. The second kappa shape index (κ2) is 8.78. The number of rotatable bonds is 6. The first-order valence-corrected chi connectivity index (χ1v) is 8.53. The van der Waals surface area contributed by atoms with Gasteiger partial charge in [-0.15, -0.1) is 0 Å². The average Bonchev–Trinajstić information content (AvgIpc) is 2.60. The van der Waals surface area contributed by atoms with Crippen LogP contribution in [0.4, 0.5) is 10.5 Å². The maximum atomic E-state index is 12.5. The molecule has 134 valence electrons. The highest BCUT2D eigenvalue weighted by Crippen LogP contribution is 2.29. The summed E-state index contributed by atoms with van der Waals surface area (Å²) in [5, 5.41) is 2.93. The first-order valence-electron chi connectivity index (χ1n) is 8.53. The molecule has 6 heteroatoms. The molecule has 0 aliphatic carbocycles. The molecule has 0 saturated carbocycles. The van der Waals surface area contributed by atoms with Crippen LogP contribution < -0.4 is 14.8 Å². The molecule has 24 heavy (non-hydrogen) atoms. The number of benzene rings is 1. The van der Waals surface area contributed by atoms with Crippen LogP contribution in [0.2, 0.25) is 0 Å². The van der Waals surface area contributed by atoms with Gasteiger partial charge in [0.2, 0.25) is 0 Å². The van der Waals surface area contributed by atoms with Gasteiger partial charge in [-0.25, -0.2) is 4.79 Å². The average molecular weight is 335 g/mol. The molecule has 1 heterocycles. The summed E-state index contributed by atoms with van der Waals surface area (Å²) in [6, 6.07) is 5.28. The predicted octanol–water partition coefficient (Wildman–Crippen LogP) is 2.90. The van der Waals surface area contributed by atoms with Gasteiger partial charge in [0.05, 0.1) is 19.9 Å². The zero-order valence-electron chi connectivity index (χ0n) is 15.2. The minimum Gasteiger partial charge on any atom is -0.497 e. The molecule has 0 atom stereocenters. The van der Waals surface area contributed by atoms with Crippen molar-refractivity contribution < 1.29 is 14.3 Å². The highest BCUT2D eigenvalue weighted by Gasteiger charge is 2.22. The molecule has 0 spiro atoms. The SMILES string of the molecule is COc1ccc(OC)c(NC(=O)N2CCN(CCC(C)C)CC2)c1. The van der Waals surface area contributed by atoms with Gasteiger partial charge in [-0.1, -0.05) is 13.8 Å². The maximum absolute atomic E-state index is 12.5. The predicted molar refractivity (Wildman–Crippen MR) is 96.0 cm³/mol. The quantitative estimate of drug-likeness (QED) is 0.868. The standard InChI is InChI=1S/C18H29N3O3/c1-14(2)7-8-20-9-11-21(12-10-20)18(22)19-16-13-15(23-3)5-6-17(16)24-4/h5-6,13-14H,7-12H2,1-4H3,(H,19,22). The normalized spacial score (nSPS) is 15.5. The number of hydrogen-bond acceptors (Lipinski definition) is 4. The Labute approximate surface area is 144 Å². The number of anilines is 1. The number of nitrogens with zero attached hydrogens (tertiary/aromatic N) is 2. The lowest BCUT2D eigenvalue weighted by Crippen LogP contribution is -2.50. The zero-order valence-corrected chi connectivity index (χ0v) is 15.2. The van der Waals surface area contributed by atoms with Gasteiger partial charge < -0.3 is 19.7 Å². The summed E-state index contributed by atoms with van der Waals surface area (Å²) in [5.74, 6) is 2.02. The molecule has 1 aliphatic rings. The van der Waals surface area contributed by atoms with Crippen molar-refractivity contribution in [1.82, 2.24) is 9.80 Å². The van der Waals surface area contributed by atoms with Crippen LogP contribution in [0, 0.1) is 5.92 Å². The van der Waals surface area contributed by atoms with E-state index in [4.69, 9.17) is 9.47 Å². The zero-order chi connectivity index (χ0) is 17.5. The number of urea groups is 1. The van der Waals surface area contributed by atoms with Crippen LogP contribution in [0.3, 0.4) is 0 Å². The van der Waals surface area contributed by atoms with E-state index in [-0.39, 0.29) is 6.03 Å². The van der Waals surface area contributed by atoms with E-state index < -0.39 is 0 Å². The van der Waals surface area contributed by atoms with Gasteiger partial charge in [-0.05, 0) is 31.0 Å². The number of carbonyl (C=O) groups is 1. The van der Waals surface area contributed by atoms with Gasteiger partial charge in [-0.3, -0.25) is 4.90 Å². The third-order valence-corrected chi connectivity index (χ3v) is 4.33. The van der Waals surface area contributed by atoms with Crippen molar-refractivity contribution in [2.24, 2.45) is 5.92 Å². The van der Waals surface area contributed by atoms with Gasteiger partial charge in [0.15, 0.2) is 0 Å². The van der Waals surface area contributed by atoms with Crippen LogP contribution in [0.1, 0.15) is 20.3 Å². The molecule has 0 radical (unpaired) electrons. The smallest absolute Gasteiger partial charge is 0.322 e. The molecule has 1 aromatic carbocycles. The summed E-state index contributed by atoms with van der Waals surface area (Å²) >= 11 is 0. The molecule has 0 aromatic heterocycles. The lowest BCUT2D eigenvalue weighted by Gasteiger charge is -2.35. The molecular weight excluding hydrogens is 306 g/mol. The fourth-order valence-corrected chi connectivity index (χ4v) is 2.72. The van der Waals surface area contributed by atoms with Crippen LogP contribution in [-0.2, 0) is 0 Å². The van der Waals surface area contributed by atoms with Crippen molar-refractivity contribution in [1.29, 1.82) is 0 Å². The molecule has 1 fully saturated rings. The summed E-state index contributed by atoms with van der Waals surface area (Å²) in [5.41, 5.74) is 0.629. The fraction of sp³-hybridized carbons (Fsp3) is 0.611. The number of methoxy groups -OCH3 is 2. The van der Waals surface area contributed by atoms with Crippen molar-refractivity contribution in [2.75, 3.05) is 52.3 Å². The molecule has 2 amide bonds. The van der Waals surface area contributed by atoms with Crippen molar-refractivity contribution in [3.8, 4) is 11.5 Å². The Balaban J connectivity index is 1.90. The number of ether oxygens (including phenoxy) is 2. The Kier molecular flexibility index (Phi) is 6.73. The number of piperazine rings is 1. The fourth-order valence-electron chi connectivity index (χ4n) is 2.72. The lowest BCUT2D eigenvalue weighted by atomic mass is 10.1. The summed E-state index contributed by atoms with van der Waals surface area (Å²) in [4.78, 5) is 16.8. The maximum Gasteiger partial charge on any atom is 0.322 e. The molecule has 1 saturated heterocycles. The van der Waals surface area contributed by atoms with Gasteiger partial charge in [-0.2, -0.15) is 0 Å². The van der Waals surface area contributed by atoms with E-state index in [9.17, 15) is 4.79 Å². The Hall–Kier alpha value is -1.95. The van der Waals surface area contributed by atoms with E-state index in [0.717, 1.165) is 32.7 Å². The van der Waals surface area contributed by atoms with Gasteiger partial charge in [0.25, 0.3) is 0 Å². The Morgan fingerprint density at radius 3 is 2.46 bits per heavy atom. The molecule has 2 rings (SSSR count). The summed E-state index contributed by atoms with van der Waals surface area (Å²) in [7, 11) is 3.19. The van der Waals surface area contributed by atoms with Crippen molar-refractivity contribution in [3.63, 3.8) is 0 Å². The molecule has 1 N–H and O–H groups in total. The van der Waals surface area contributed by atoms with Crippen molar-refractivity contribution >= 4 is 11.7 Å². The van der Waals surface area contributed by atoms with Crippen LogP contribution in [-0.4, -0.2) is 62.8 Å². The molecular formula is C18H29N3O3. The molecule has 0 unspecified atom stereocenters. The van der Waals surface area contributed by atoms with Crippen LogP contribution in [0.25, 0.3) is 0 Å². The summed E-state index contributed by atoms with van der Waals surface area (Å²) < 4.78 is 10.5. The van der Waals surface area contributed by atoms with Gasteiger partial charge in [0, 0.05) is 32.2 Å². The Bertz CT molecular complexity index is 540. The van der Waals surface area contributed by atoms with E-state index in [1.165, 1.54) is 6.42 Å². The van der Waals surface area contributed by atoms with E-state index in [0.29, 0.717) is 23.1 Å². The van der Waals surface area contributed by atoms with Crippen molar-refractivity contribution in [3.05, 3.63) is 18.2 Å². The van der Waals surface area contributed by atoms with Crippen LogP contribution in [0.15, 0.2) is 18.2 Å². The first-order chi connectivity index (χ1) is 11.5. The van der Waals surface area contributed by atoms with Crippen LogP contribution >= 0.6 is 0 Å². The van der Waals surface area contributed by atoms with E-state index >= 15 is 0 Å².